The lowest BCUT2D eigenvalue weighted by atomic mass is 10.1. The quantitative estimate of drug-likeness (QED) is 0.535. The van der Waals surface area contributed by atoms with Gasteiger partial charge in [-0.05, 0) is 48.2 Å². The molecule has 0 bridgehead atoms. The van der Waals surface area contributed by atoms with Gasteiger partial charge in [0.2, 0.25) is 0 Å². The van der Waals surface area contributed by atoms with Gasteiger partial charge in [-0.2, -0.15) is 0 Å². The first-order valence-electron chi connectivity index (χ1n) is 8.09. The predicted molar refractivity (Wildman–Crippen MR) is 106 cm³/mol. The predicted octanol–water partition coefficient (Wildman–Crippen LogP) is 2.26. The van der Waals surface area contributed by atoms with E-state index in [0.717, 1.165) is 10.6 Å². The monoisotopic (exact) mass is 373 g/mol. The number of nitrogens with one attached hydrogen (secondary N) is 2. The van der Waals surface area contributed by atoms with Gasteiger partial charge in [0.05, 0.1) is 6.10 Å². The van der Waals surface area contributed by atoms with Gasteiger partial charge in [0.15, 0.2) is 0 Å². The third kappa shape index (κ3) is 5.50. The summed E-state index contributed by atoms with van der Waals surface area (Å²) in [5.74, 6) is -1.56. The van der Waals surface area contributed by atoms with Crippen LogP contribution in [0.1, 0.15) is 11.7 Å². The summed E-state index contributed by atoms with van der Waals surface area (Å²) in [5.41, 5.74) is 2.20. The van der Waals surface area contributed by atoms with Gasteiger partial charge in [-0.25, -0.2) is 0 Å². The molecule has 138 valence electrons. The molecule has 7 heteroatoms. The molecule has 2 rings (SSSR count). The molecule has 0 saturated heterocycles. The van der Waals surface area contributed by atoms with Crippen molar-refractivity contribution in [3.63, 3.8) is 0 Å². The van der Waals surface area contributed by atoms with Crippen molar-refractivity contribution in [1.82, 2.24) is 5.32 Å². The maximum atomic E-state index is 11.9. The first-order chi connectivity index (χ1) is 12.4. The average Bonchev–Trinajstić information content (AvgIpc) is 2.66. The van der Waals surface area contributed by atoms with Crippen LogP contribution in [-0.4, -0.2) is 43.8 Å². The number of hydrogen-bond acceptors (Lipinski definition) is 5. The second-order valence-corrected chi connectivity index (χ2v) is 6.77. The summed E-state index contributed by atoms with van der Waals surface area (Å²) in [6.07, 6.45) is 1.10. The maximum absolute atomic E-state index is 11.9. The van der Waals surface area contributed by atoms with Crippen molar-refractivity contribution in [1.29, 1.82) is 0 Å². The standard InChI is InChI=1S/C19H23N3O3S/c1-22(2)15-8-6-14(7-9-15)21-19(25)18(24)20-12-17(23)13-4-10-16(26-3)11-5-13/h4-11,17,23H,12H2,1-3H3,(H,20,24)(H,21,25). The zero-order chi connectivity index (χ0) is 19.1. The summed E-state index contributed by atoms with van der Waals surface area (Å²) in [6, 6.07) is 14.5. The fourth-order valence-corrected chi connectivity index (χ4v) is 2.65. The number of benzene rings is 2. The highest BCUT2D eigenvalue weighted by molar-refractivity contribution is 7.98. The number of nitrogens with zero attached hydrogens (tertiary/aromatic N) is 1. The lowest BCUT2D eigenvalue weighted by Gasteiger charge is -2.14. The molecule has 0 radical (unpaired) electrons. The van der Waals surface area contributed by atoms with E-state index in [1.54, 1.807) is 36.0 Å². The molecule has 0 heterocycles. The summed E-state index contributed by atoms with van der Waals surface area (Å²) in [6.45, 7) is -0.0373. The largest absolute Gasteiger partial charge is 0.387 e. The van der Waals surface area contributed by atoms with Crippen molar-refractivity contribution in [3.05, 3.63) is 54.1 Å². The van der Waals surface area contributed by atoms with Crippen LogP contribution in [0.25, 0.3) is 0 Å². The van der Waals surface area contributed by atoms with Crippen LogP contribution < -0.4 is 15.5 Å². The van der Waals surface area contributed by atoms with Gasteiger partial charge >= 0.3 is 11.8 Å². The van der Waals surface area contributed by atoms with Crippen LogP contribution in [-0.2, 0) is 9.59 Å². The number of rotatable bonds is 6. The van der Waals surface area contributed by atoms with Gasteiger partial charge in [-0.1, -0.05) is 12.1 Å². The number of hydrogen-bond donors (Lipinski definition) is 3. The van der Waals surface area contributed by atoms with Gasteiger partial charge in [0, 0.05) is 36.9 Å². The van der Waals surface area contributed by atoms with E-state index < -0.39 is 17.9 Å². The Morgan fingerprint density at radius 1 is 1.04 bits per heavy atom. The molecule has 0 aromatic heterocycles. The van der Waals surface area contributed by atoms with Crippen LogP contribution in [0, 0.1) is 0 Å². The molecule has 2 aromatic carbocycles. The van der Waals surface area contributed by atoms with Crippen molar-refractivity contribution in [2.45, 2.75) is 11.0 Å². The van der Waals surface area contributed by atoms with Gasteiger partial charge in [-0.15, -0.1) is 11.8 Å². The molecule has 0 aliphatic rings. The molecule has 26 heavy (non-hydrogen) atoms. The molecule has 2 amide bonds. The van der Waals surface area contributed by atoms with Crippen molar-refractivity contribution in [2.75, 3.05) is 37.1 Å². The second kappa shape index (κ2) is 9.26. The van der Waals surface area contributed by atoms with E-state index in [2.05, 4.69) is 10.6 Å². The third-order valence-electron chi connectivity index (χ3n) is 3.80. The molecule has 6 nitrogen and oxygen atoms in total. The van der Waals surface area contributed by atoms with Crippen LogP contribution in [0.4, 0.5) is 11.4 Å². The highest BCUT2D eigenvalue weighted by Crippen LogP contribution is 2.19. The first-order valence-corrected chi connectivity index (χ1v) is 9.31. The Balaban J connectivity index is 1.85. The molecule has 3 N–H and O–H groups in total. The molecular formula is C19H23N3O3S. The van der Waals surface area contributed by atoms with E-state index >= 15 is 0 Å². The fraction of sp³-hybridized carbons (Fsp3) is 0.263. The third-order valence-corrected chi connectivity index (χ3v) is 4.55. The van der Waals surface area contributed by atoms with E-state index in [0.29, 0.717) is 11.3 Å². The highest BCUT2D eigenvalue weighted by atomic mass is 32.2. The Bertz CT molecular complexity index is 746. The minimum atomic E-state index is -0.873. The van der Waals surface area contributed by atoms with Crippen molar-refractivity contribution in [2.24, 2.45) is 0 Å². The Kier molecular flexibility index (Phi) is 7.06. The number of aliphatic hydroxyl groups is 1. The number of carbonyl (C=O) groups excluding carboxylic acids is 2. The average molecular weight is 373 g/mol. The van der Waals surface area contributed by atoms with E-state index in [1.807, 2.05) is 49.5 Å². The minimum Gasteiger partial charge on any atom is -0.387 e. The number of aliphatic hydroxyl groups excluding tert-OH is 1. The lowest BCUT2D eigenvalue weighted by Crippen LogP contribution is -2.37. The molecule has 0 aliphatic heterocycles. The summed E-state index contributed by atoms with van der Waals surface area (Å²) in [4.78, 5) is 26.9. The molecule has 0 spiro atoms. The van der Waals surface area contributed by atoms with Crippen LogP contribution in [0.5, 0.6) is 0 Å². The normalized spacial score (nSPS) is 11.5. The summed E-state index contributed by atoms with van der Waals surface area (Å²) in [7, 11) is 3.84. The summed E-state index contributed by atoms with van der Waals surface area (Å²) < 4.78 is 0. The second-order valence-electron chi connectivity index (χ2n) is 5.89. The molecular weight excluding hydrogens is 350 g/mol. The zero-order valence-electron chi connectivity index (χ0n) is 15.0. The van der Waals surface area contributed by atoms with E-state index in [-0.39, 0.29) is 6.54 Å². The Labute approximate surface area is 157 Å². The minimum absolute atomic E-state index is 0.0373. The molecule has 0 fully saturated rings. The van der Waals surface area contributed by atoms with Crippen LogP contribution in [0.2, 0.25) is 0 Å². The van der Waals surface area contributed by atoms with Gasteiger partial charge in [0.1, 0.15) is 0 Å². The number of anilines is 2. The number of amides is 2. The highest BCUT2D eigenvalue weighted by Gasteiger charge is 2.16. The van der Waals surface area contributed by atoms with E-state index in [4.69, 9.17) is 0 Å². The molecule has 1 atom stereocenters. The van der Waals surface area contributed by atoms with E-state index in [9.17, 15) is 14.7 Å². The van der Waals surface area contributed by atoms with Crippen molar-refractivity contribution in [3.8, 4) is 0 Å². The Morgan fingerprint density at radius 2 is 1.65 bits per heavy atom. The van der Waals surface area contributed by atoms with E-state index in [1.165, 1.54) is 0 Å². The van der Waals surface area contributed by atoms with Crippen LogP contribution in [0.3, 0.4) is 0 Å². The van der Waals surface area contributed by atoms with Gasteiger partial charge in [0.25, 0.3) is 0 Å². The van der Waals surface area contributed by atoms with Gasteiger partial charge < -0.3 is 20.6 Å². The number of thioether (sulfide) groups is 1. The molecule has 0 aliphatic carbocycles. The number of carbonyl (C=O) groups is 2. The molecule has 2 aromatic rings. The van der Waals surface area contributed by atoms with Crippen LogP contribution >= 0.6 is 11.8 Å². The zero-order valence-corrected chi connectivity index (χ0v) is 15.8. The summed E-state index contributed by atoms with van der Waals surface area (Å²) in [5, 5.41) is 15.1. The summed E-state index contributed by atoms with van der Waals surface area (Å²) >= 11 is 1.61. The lowest BCUT2D eigenvalue weighted by molar-refractivity contribution is -0.136. The van der Waals surface area contributed by atoms with Crippen molar-refractivity contribution >= 4 is 35.0 Å². The first kappa shape index (κ1) is 19.8. The molecule has 1 unspecified atom stereocenters. The smallest absolute Gasteiger partial charge is 0.313 e. The SMILES string of the molecule is CSc1ccc(C(O)CNC(=O)C(=O)Nc2ccc(N(C)C)cc2)cc1. The Hall–Kier alpha value is -2.51. The van der Waals surface area contributed by atoms with Gasteiger partial charge in [-0.3, -0.25) is 9.59 Å². The van der Waals surface area contributed by atoms with Crippen LogP contribution in [0.15, 0.2) is 53.4 Å². The molecule has 0 saturated carbocycles. The maximum Gasteiger partial charge on any atom is 0.313 e. The fourth-order valence-electron chi connectivity index (χ4n) is 2.24. The van der Waals surface area contributed by atoms with Crippen molar-refractivity contribution < 1.29 is 14.7 Å². The Morgan fingerprint density at radius 3 is 2.19 bits per heavy atom. The topological polar surface area (TPSA) is 81.7 Å².